The normalized spacial score (nSPS) is 42.2. The number of hydrogen-bond donors (Lipinski definition) is 2. The summed E-state index contributed by atoms with van der Waals surface area (Å²) in [5.41, 5.74) is 5.53. The lowest BCUT2D eigenvalue weighted by Gasteiger charge is -2.61. The highest BCUT2D eigenvalue weighted by molar-refractivity contribution is 5.89. The van der Waals surface area contributed by atoms with Crippen LogP contribution >= 0.6 is 0 Å². The molecule has 2 saturated heterocycles. The number of rotatable bonds is 3. The van der Waals surface area contributed by atoms with Gasteiger partial charge in [0.1, 0.15) is 5.54 Å². The van der Waals surface area contributed by atoms with Gasteiger partial charge < -0.3 is 20.7 Å². The van der Waals surface area contributed by atoms with Gasteiger partial charge in [-0.25, -0.2) is 0 Å². The molecule has 0 aromatic carbocycles. The lowest BCUT2D eigenvalue weighted by molar-refractivity contribution is -0.176. The highest BCUT2D eigenvalue weighted by atomic mass is 16.5. The van der Waals surface area contributed by atoms with Gasteiger partial charge in [-0.3, -0.25) is 4.79 Å². The van der Waals surface area contributed by atoms with Gasteiger partial charge in [0.15, 0.2) is 0 Å². The van der Waals surface area contributed by atoms with E-state index in [-0.39, 0.29) is 29.4 Å². The maximum atomic E-state index is 12.9. The van der Waals surface area contributed by atoms with Gasteiger partial charge in [0.05, 0.1) is 6.10 Å². The van der Waals surface area contributed by atoms with Crippen LogP contribution in [-0.2, 0) is 9.53 Å². The molecular weight excluding hydrogens is 266 g/mol. The van der Waals surface area contributed by atoms with Gasteiger partial charge in [0.25, 0.3) is 0 Å². The quantitative estimate of drug-likeness (QED) is 0.805. The first-order valence-corrected chi connectivity index (χ1v) is 8.35. The van der Waals surface area contributed by atoms with Crippen LogP contribution in [0.2, 0.25) is 0 Å². The molecule has 1 saturated carbocycles. The summed E-state index contributed by atoms with van der Waals surface area (Å²) in [6.07, 6.45) is 3.26. The van der Waals surface area contributed by atoms with Gasteiger partial charge >= 0.3 is 0 Å². The molecule has 2 aliphatic heterocycles. The summed E-state index contributed by atoms with van der Waals surface area (Å²) in [5.74, 6) is 0.209. The van der Waals surface area contributed by atoms with E-state index in [9.17, 15) is 4.79 Å². The number of carbonyl (C=O) groups excluding carboxylic acids is 1. The first-order chi connectivity index (χ1) is 9.91. The molecule has 0 aromatic rings. The van der Waals surface area contributed by atoms with Crippen molar-refractivity contribution in [2.24, 2.45) is 17.1 Å². The number of nitrogens with two attached hydrogens (primary N) is 1. The van der Waals surface area contributed by atoms with Crippen molar-refractivity contribution in [3.05, 3.63) is 0 Å². The summed E-state index contributed by atoms with van der Waals surface area (Å²) in [4.78, 5) is 15.3. The Morgan fingerprint density at radius 2 is 2.19 bits per heavy atom. The van der Waals surface area contributed by atoms with Crippen molar-refractivity contribution < 1.29 is 9.53 Å². The van der Waals surface area contributed by atoms with Crippen LogP contribution in [0.4, 0.5) is 0 Å². The summed E-state index contributed by atoms with van der Waals surface area (Å²) in [7, 11) is 0. The van der Waals surface area contributed by atoms with E-state index in [0.29, 0.717) is 0 Å². The van der Waals surface area contributed by atoms with Crippen molar-refractivity contribution >= 4 is 5.91 Å². The van der Waals surface area contributed by atoms with E-state index < -0.39 is 5.54 Å². The number of amides is 1. The third-order valence-electron chi connectivity index (χ3n) is 6.12. The number of nitrogens with one attached hydrogen (secondary N) is 1. The van der Waals surface area contributed by atoms with Crippen LogP contribution in [0.15, 0.2) is 0 Å². The fourth-order valence-electron chi connectivity index (χ4n) is 4.61. The van der Waals surface area contributed by atoms with E-state index in [2.05, 4.69) is 31.0 Å². The molecule has 0 bridgehead atoms. The molecule has 0 aromatic heterocycles. The zero-order valence-corrected chi connectivity index (χ0v) is 13.5. The maximum Gasteiger partial charge on any atom is 0.241 e. The number of likely N-dealkylation sites (tertiary alicyclic amines) is 1. The largest absolute Gasteiger partial charge is 0.377 e. The van der Waals surface area contributed by atoms with Crippen LogP contribution < -0.4 is 11.1 Å². The van der Waals surface area contributed by atoms with E-state index in [1.54, 1.807) is 0 Å². The minimum Gasteiger partial charge on any atom is -0.377 e. The molecule has 4 unspecified atom stereocenters. The molecule has 3 rings (SSSR count). The molecule has 0 spiro atoms. The lowest BCUT2D eigenvalue weighted by atomic mass is 9.48. The molecule has 3 aliphatic rings. The van der Waals surface area contributed by atoms with Crippen molar-refractivity contribution in [1.29, 1.82) is 0 Å². The number of hydrogen-bond acceptors (Lipinski definition) is 4. The third-order valence-corrected chi connectivity index (χ3v) is 6.12. The Balaban J connectivity index is 1.67. The zero-order valence-electron chi connectivity index (χ0n) is 13.5. The molecule has 1 amide bonds. The fourth-order valence-corrected chi connectivity index (χ4v) is 4.61. The number of ether oxygens (including phenoxy) is 1. The molecule has 4 atom stereocenters. The van der Waals surface area contributed by atoms with Crippen LogP contribution in [0.1, 0.15) is 40.0 Å². The SMILES string of the molecule is CCN1CCCC(NC(=O)C2(N)C3CCOC3C2(C)C)C1. The van der Waals surface area contributed by atoms with Gasteiger partial charge in [0, 0.05) is 30.5 Å². The van der Waals surface area contributed by atoms with Crippen LogP contribution in [0.3, 0.4) is 0 Å². The van der Waals surface area contributed by atoms with Crippen LogP contribution in [0, 0.1) is 11.3 Å². The monoisotopic (exact) mass is 295 g/mol. The van der Waals surface area contributed by atoms with E-state index in [0.717, 1.165) is 45.5 Å². The summed E-state index contributed by atoms with van der Waals surface area (Å²) in [6, 6.07) is 0.240. The molecule has 21 heavy (non-hydrogen) atoms. The Hall–Kier alpha value is -0.650. The second-order valence-electron chi connectivity index (χ2n) is 7.48. The van der Waals surface area contributed by atoms with E-state index >= 15 is 0 Å². The highest BCUT2D eigenvalue weighted by Gasteiger charge is 2.71. The minimum absolute atomic E-state index is 0.0298. The Labute approximate surface area is 127 Å². The van der Waals surface area contributed by atoms with Gasteiger partial charge in [-0.15, -0.1) is 0 Å². The molecule has 3 N–H and O–H groups in total. The fraction of sp³-hybridized carbons (Fsp3) is 0.938. The smallest absolute Gasteiger partial charge is 0.241 e. The van der Waals surface area contributed by atoms with Crippen LogP contribution in [0.5, 0.6) is 0 Å². The second kappa shape index (κ2) is 5.21. The predicted molar refractivity (Wildman–Crippen MR) is 81.8 cm³/mol. The van der Waals surface area contributed by atoms with Crippen molar-refractivity contribution in [3.8, 4) is 0 Å². The molecule has 0 radical (unpaired) electrons. The first kappa shape index (κ1) is 15.3. The van der Waals surface area contributed by atoms with E-state index in [1.807, 2.05) is 0 Å². The second-order valence-corrected chi connectivity index (χ2v) is 7.48. The van der Waals surface area contributed by atoms with Crippen LogP contribution in [-0.4, -0.2) is 54.7 Å². The standard InChI is InChI=1S/C16H29N3O2/c1-4-19-8-5-6-11(10-19)18-14(20)16(17)12-7-9-21-13(12)15(16,2)3/h11-13H,4-10,17H2,1-3H3,(H,18,20). The Morgan fingerprint density at radius 3 is 2.90 bits per heavy atom. The molecule has 2 heterocycles. The molecule has 1 aliphatic carbocycles. The molecule has 5 heteroatoms. The summed E-state index contributed by atoms with van der Waals surface area (Å²) in [5, 5.41) is 3.23. The van der Waals surface area contributed by atoms with E-state index in [1.165, 1.54) is 0 Å². The minimum atomic E-state index is -0.775. The van der Waals surface area contributed by atoms with Crippen molar-refractivity contribution in [2.45, 2.75) is 57.7 Å². The molecule has 120 valence electrons. The average Bonchev–Trinajstić information content (AvgIpc) is 2.94. The maximum absolute atomic E-state index is 12.9. The van der Waals surface area contributed by atoms with Crippen molar-refractivity contribution in [1.82, 2.24) is 10.2 Å². The number of piperidine rings is 1. The number of carbonyl (C=O) groups is 1. The van der Waals surface area contributed by atoms with Gasteiger partial charge in [-0.1, -0.05) is 20.8 Å². The molecule has 3 fully saturated rings. The Morgan fingerprint density at radius 1 is 1.43 bits per heavy atom. The average molecular weight is 295 g/mol. The number of fused-ring (bicyclic) bond motifs is 1. The third kappa shape index (κ3) is 2.13. The van der Waals surface area contributed by atoms with E-state index in [4.69, 9.17) is 10.5 Å². The van der Waals surface area contributed by atoms with Gasteiger partial charge in [0.2, 0.25) is 5.91 Å². The first-order valence-electron chi connectivity index (χ1n) is 8.35. The Kier molecular flexibility index (Phi) is 3.79. The van der Waals surface area contributed by atoms with Gasteiger partial charge in [-0.2, -0.15) is 0 Å². The summed E-state index contributed by atoms with van der Waals surface area (Å²) in [6.45, 7) is 10.2. The zero-order chi connectivity index (χ0) is 15.3. The van der Waals surface area contributed by atoms with Crippen molar-refractivity contribution in [3.63, 3.8) is 0 Å². The van der Waals surface area contributed by atoms with Crippen molar-refractivity contribution in [2.75, 3.05) is 26.2 Å². The number of likely N-dealkylation sites (N-methyl/N-ethyl adjacent to an activating group) is 1. The predicted octanol–water partition coefficient (Wildman–Crippen LogP) is 0.729. The highest BCUT2D eigenvalue weighted by Crippen LogP contribution is 2.58. The molecular formula is C16H29N3O2. The lowest BCUT2D eigenvalue weighted by Crippen LogP contribution is -2.80. The van der Waals surface area contributed by atoms with Gasteiger partial charge in [-0.05, 0) is 32.4 Å². The molecule has 5 nitrogen and oxygen atoms in total. The van der Waals surface area contributed by atoms with Crippen LogP contribution in [0.25, 0.3) is 0 Å². The summed E-state index contributed by atoms with van der Waals surface area (Å²) < 4.78 is 5.77. The topological polar surface area (TPSA) is 67.6 Å². The Bertz CT molecular complexity index is 426. The number of nitrogens with zero attached hydrogens (tertiary/aromatic N) is 1. The summed E-state index contributed by atoms with van der Waals surface area (Å²) >= 11 is 0.